The molecule has 1 N–H and O–H groups in total. The first-order valence-corrected chi connectivity index (χ1v) is 9.87. The molecule has 8 heteroatoms. The first-order chi connectivity index (χ1) is 13.8. The molecule has 1 aliphatic heterocycles. The van der Waals surface area contributed by atoms with Gasteiger partial charge in [-0.15, -0.1) is 11.3 Å². The highest BCUT2D eigenvalue weighted by Crippen LogP contribution is 2.38. The number of nitrogens with one attached hydrogen (secondary N) is 1. The fourth-order valence-corrected chi connectivity index (χ4v) is 4.46. The zero-order valence-electron chi connectivity index (χ0n) is 14.9. The van der Waals surface area contributed by atoms with Crippen molar-refractivity contribution in [3.05, 3.63) is 77.4 Å². The van der Waals surface area contributed by atoms with Crippen LogP contribution in [0.3, 0.4) is 0 Å². The van der Waals surface area contributed by atoms with Crippen molar-refractivity contribution in [1.82, 2.24) is 25.2 Å². The van der Waals surface area contributed by atoms with E-state index in [4.69, 9.17) is 4.52 Å². The Morgan fingerprint density at radius 2 is 2.00 bits per heavy atom. The second kappa shape index (κ2) is 7.05. The van der Waals surface area contributed by atoms with Crippen LogP contribution in [-0.2, 0) is 0 Å². The van der Waals surface area contributed by atoms with E-state index in [1.165, 1.54) is 6.39 Å². The maximum atomic E-state index is 13.1. The highest BCUT2D eigenvalue weighted by Gasteiger charge is 2.40. The molecule has 0 bridgehead atoms. The van der Waals surface area contributed by atoms with E-state index in [1.54, 1.807) is 11.3 Å². The minimum atomic E-state index is -0.0917. The summed E-state index contributed by atoms with van der Waals surface area (Å²) in [5, 5.41) is 13.2. The molecule has 4 heterocycles. The zero-order valence-corrected chi connectivity index (χ0v) is 15.7. The highest BCUT2D eigenvalue weighted by atomic mass is 32.1. The van der Waals surface area contributed by atoms with Gasteiger partial charge < -0.3 is 9.42 Å². The van der Waals surface area contributed by atoms with Crippen LogP contribution in [0.5, 0.6) is 0 Å². The molecule has 1 aromatic carbocycles. The molecule has 2 atom stereocenters. The van der Waals surface area contributed by atoms with Gasteiger partial charge in [0, 0.05) is 24.9 Å². The lowest BCUT2D eigenvalue weighted by Gasteiger charge is -2.15. The molecular formula is C20H17N5O2S. The van der Waals surface area contributed by atoms with Crippen LogP contribution in [0.15, 0.2) is 64.8 Å². The van der Waals surface area contributed by atoms with E-state index in [1.807, 2.05) is 46.7 Å². The van der Waals surface area contributed by atoms with Crippen molar-refractivity contribution < 1.29 is 9.32 Å². The number of H-pyrrole nitrogens is 1. The number of hydrogen-bond acceptors (Lipinski definition) is 6. The predicted octanol–water partition coefficient (Wildman–Crippen LogP) is 3.54. The molecule has 1 aliphatic rings. The maximum Gasteiger partial charge on any atom is 0.274 e. The molecule has 2 unspecified atom stereocenters. The predicted molar refractivity (Wildman–Crippen MR) is 104 cm³/mol. The summed E-state index contributed by atoms with van der Waals surface area (Å²) in [7, 11) is 0. The molecule has 0 spiro atoms. The molecule has 28 heavy (non-hydrogen) atoms. The normalized spacial score (nSPS) is 19.2. The Hall–Kier alpha value is -3.26. The minimum Gasteiger partial charge on any atom is -0.343 e. The molecule has 0 saturated carbocycles. The van der Waals surface area contributed by atoms with E-state index in [0.29, 0.717) is 24.6 Å². The van der Waals surface area contributed by atoms with Crippen molar-refractivity contribution in [2.24, 2.45) is 0 Å². The van der Waals surface area contributed by atoms with Crippen molar-refractivity contribution in [2.75, 3.05) is 13.1 Å². The van der Waals surface area contributed by atoms with Crippen LogP contribution < -0.4 is 0 Å². The standard InChI is InChI=1S/C20H17N5O2S/c26-20(17-9-16(22-23-17)18-7-4-8-28-18)25-10-14(13-5-2-1-3-6-13)15(11-25)19-21-12-27-24-19/h1-9,12,14-15H,10-11H2,(H,22,23). The average Bonchev–Trinajstić information content (AvgIpc) is 3.53. The largest absolute Gasteiger partial charge is 0.343 e. The highest BCUT2D eigenvalue weighted by molar-refractivity contribution is 7.13. The summed E-state index contributed by atoms with van der Waals surface area (Å²) < 4.78 is 4.96. The van der Waals surface area contributed by atoms with Crippen LogP contribution in [0.25, 0.3) is 10.6 Å². The lowest BCUT2D eigenvalue weighted by Crippen LogP contribution is -2.29. The van der Waals surface area contributed by atoms with Crippen LogP contribution in [0.2, 0.25) is 0 Å². The fourth-order valence-electron chi connectivity index (χ4n) is 3.76. The number of likely N-dealkylation sites (tertiary alicyclic amines) is 1. The van der Waals surface area contributed by atoms with Gasteiger partial charge >= 0.3 is 0 Å². The quantitative estimate of drug-likeness (QED) is 0.575. The fraction of sp³-hybridized carbons (Fsp3) is 0.200. The monoisotopic (exact) mass is 391 g/mol. The van der Waals surface area contributed by atoms with Crippen molar-refractivity contribution >= 4 is 17.2 Å². The Kier molecular flexibility index (Phi) is 4.25. The lowest BCUT2D eigenvalue weighted by molar-refractivity contribution is 0.0783. The second-order valence-electron chi connectivity index (χ2n) is 6.77. The van der Waals surface area contributed by atoms with Gasteiger partial charge in [0.15, 0.2) is 11.5 Å². The van der Waals surface area contributed by atoms with Crippen molar-refractivity contribution in [2.45, 2.75) is 11.8 Å². The van der Waals surface area contributed by atoms with Crippen LogP contribution in [0.1, 0.15) is 33.7 Å². The molecule has 7 nitrogen and oxygen atoms in total. The molecule has 3 aromatic heterocycles. The van der Waals surface area contributed by atoms with Crippen LogP contribution in [0, 0.1) is 0 Å². The van der Waals surface area contributed by atoms with E-state index in [2.05, 4.69) is 32.5 Å². The summed E-state index contributed by atoms with van der Waals surface area (Å²) in [5.74, 6) is 0.635. The van der Waals surface area contributed by atoms with E-state index in [-0.39, 0.29) is 17.7 Å². The van der Waals surface area contributed by atoms with E-state index in [0.717, 1.165) is 16.1 Å². The number of amides is 1. The van der Waals surface area contributed by atoms with Gasteiger partial charge in [0.25, 0.3) is 5.91 Å². The zero-order chi connectivity index (χ0) is 18.9. The molecule has 4 aromatic rings. The molecule has 0 radical (unpaired) electrons. The number of carbonyl (C=O) groups excluding carboxylic acids is 1. The summed E-state index contributed by atoms with van der Waals surface area (Å²) in [6.07, 6.45) is 1.34. The molecule has 1 saturated heterocycles. The van der Waals surface area contributed by atoms with Gasteiger partial charge in [0.2, 0.25) is 6.39 Å². The van der Waals surface area contributed by atoms with Crippen LogP contribution in [-0.4, -0.2) is 44.2 Å². The van der Waals surface area contributed by atoms with Gasteiger partial charge in [0.05, 0.1) is 10.6 Å². The summed E-state index contributed by atoms with van der Waals surface area (Å²) in [4.78, 5) is 20.2. The van der Waals surface area contributed by atoms with Crippen molar-refractivity contribution in [3.63, 3.8) is 0 Å². The van der Waals surface area contributed by atoms with E-state index in [9.17, 15) is 4.79 Å². The molecule has 5 rings (SSSR count). The Labute approximate surface area is 165 Å². The Balaban J connectivity index is 1.42. The average molecular weight is 391 g/mol. The first kappa shape index (κ1) is 16.9. The Morgan fingerprint density at radius 3 is 2.75 bits per heavy atom. The van der Waals surface area contributed by atoms with Gasteiger partial charge in [-0.3, -0.25) is 9.89 Å². The lowest BCUT2D eigenvalue weighted by atomic mass is 9.88. The molecule has 0 aliphatic carbocycles. The van der Waals surface area contributed by atoms with E-state index >= 15 is 0 Å². The number of nitrogens with zero attached hydrogens (tertiary/aromatic N) is 4. The summed E-state index contributed by atoms with van der Waals surface area (Å²) in [6.45, 7) is 1.11. The molecule has 140 valence electrons. The van der Waals surface area contributed by atoms with Crippen LogP contribution >= 0.6 is 11.3 Å². The number of benzene rings is 1. The Morgan fingerprint density at radius 1 is 1.14 bits per heavy atom. The number of aromatic amines is 1. The van der Waals surface area contributed by atoms with Gasteiger partial charge in [-0.1, -0.05) is 41.6 Å². The molecular weight excluding hydrogens is 374 g/mol. The van der Waals surface area contributed by atoms with Gasteiger partial charge in [-0.25, -0.2) is 0 Å². The third kappa shape index (κ3) is 3.01. The topological polar surface area (TPSA) is 87.9 Å². The first-order valence-electron chi connectivity index (χ1n) is 8.99. The number of aromatic nitrogens is 4. The molecule has 1 amide bonds. The summed E-state index contributed by atoms with van der Waals surface area (Å²) >= 11 is 1.61. The van der Waals surface area contributed by atoms with Gasteiger partial charge in [-0.2, -0.15) is 10.1 Å². The molecule has 1 fully saturated rings. The summed E-state index contributed by atoms with van der Waals surface area (Å²) in [6, 6.07) is 15.9. The van der Waals surface area contributed by atoms with Gasteiger partial charge in [-0.05, 0) is 23.1 Å². The number of thiophene rings is 1. The van der Waals surface area contributed by atoms with Gasteiger partial charge in [0.1, 0.15) is 0 Å². The van der Waals surface area contributed by atoms with Crippen molar-refractivity contribution in [1.29, 1.82) is 0 Å². The third-order valence-electron chi connectivity index (χ3n) is 5.13. The number of rotatable bonds is 4. The Bertz CT molecular complexity index is 1060. The number of carbonyl (C=O) groups is 1. The van der Waals surface area contributed by atoms with Crippen molar-refractivity contribution in [3.8, 4) is 10.6 Å². The third-order valence-corrected chi connectivity index (χ3v) is 6.03. The smallest absolute Gasteiger partial charge is 0.274 e. The number of hydrogen-bond donors (Lipinski definition) is 1. The van der Waals surface area contributed by atoms with Crippen LogP contribution in [0.4, 0.5) is 0 Å². The maximum absolute atomic E-state index is 13.1. The minimum absolute atomic E-state index is 0.0131. The summed E-state index contributed by atoms with van der Waals surface area (Å²) in [5.41, 5.74) is 2.43. The second-order valence-corrected chi connectivity index (χ2v) is 7.72. The van der Waals surface area contributed by atoms with E-state index < -0.39 is 0 Å². The SMILES string of the molecule is O=C(c1cc(-c2cccs2)[nH]n1)N1CC(c2ccccc2)C(c2ncon2)C1.